The molecule has 0 aliphatic heterocycles. The summed E-state index contributed by atoms with van der Waals surface area (Å²) in [7, 11) is -3.52. The zero-order chi connectivity index (χ0) is 20.6. The van der Waals surface area contributed by atoms with Crippen molar-refractivity contribution < 1.29 is 21.6 Å². The number of nitrogens with zero attached hydrogens (tertiary/aromatic N) is 1. The number of unbranched alkanes of at least 4 members (excludes halogenated alkanes) is 3. The largest absolute Gasteiger partial charge is 0.416 e. The van der Waals surface area contributed by atoms with Crippen molar-refractivity contribution in [2.45, 2.75) is 56.1 Å². The van der Waals surface area contributed by atoms with E-state index < -0.39 is 21.8 Å². The number of benzene rings is 1. The molecule has 0 bridgehead atoms. The summed E-state index contributed by atoms with van der Waals surface area (Å²) in [5.41, 5.74) is -0.234. The minimum Gasteiger partial charge on any atom is -0.231 e. The van der Waals surface area contributed by atoms with E-state index in [0.29, 0.717) is 12.1 Å². The highest BCUT2D eigenvalue weighted by atomic mass is 32.2. The maximum atomic E-state index is 12.7. The molecule has 1 aromatic carbocycles. The number of sulfonamides is 1. The summed E-state index contributed by atoms with van der Waals surface area (Å²) in [4.78, 5) is 0.748. The van der Waals surface area contributed by atoms with Crippen LogP contribution in [0.4, 0.5) is 13.2 Å². The molecule has 4 nitrogen and oxygen atoms in total. The van der Waals surface area contributed by atoms with E-state index in [-0.39, 0.29) is 17.3 Å². The zero-order valence-corrected chi connectivity index (χ0v) is 17.3. The molecule has 0 atom stereocenters. The van der Waals surface area contributed by atoms with Crippen molar-refractivity contribution in [1.29, 1.82) is 0 Å². The third-order valence-electron chi connectivity index (χ3n) is 4.04. The van der Waals surface area contributed by atoms with Gasteiger partial charge in [0.1, 0.15) is 4.21 Å². The van der Waals surface area contributed by atoms with Crippen LogP contribution in [0.2, 0.25) is 0 Å². The van der Waals surface area contributed by atoms with E-state index in [2.05, 4.69) is 17.0 Å². The number of halogens is 3. The van der Waals surface area contributed by atoms with Gasteiger partial charge in [0.25, 0.3) is 0 Å². The lowest BCUT2D eigenvalue weighted by atomic mass is 10.1. The summed E-state index contributed by atoms with van der Waals surface area (Å²) in [5.74, 6) is 0. The predicted molar refractivity (Wildman–Crippen MR) is 105 cm³/mol. The fourth-order valence-corrected chi connectivity index (χ4v) is 4.98. The van der Waals surface area contributed by atoms with Crippen LogP contribution in [0, 0.1) is 0 Å². The Labute approximate surface area is 168 Å². The molecule has 0 aliphatic rings. The molecule has 0 fully saturated rings. The molecular formula is C19H24F3N2O2S2. The molecule has 0 amide bonds. The Morgan fingerprint density at radius 1 is 1.07 bits per heavy atom. The lowest BCUT2D eigenvalue weighted by Gasteiger charge is -2.08. The van der Waals surface area contributed by atoms with Gasteiger partial charge in [-0.25, -0.2) is 18.5 Å². The van der Waals surface area contributed by atoms with Gasteiger partial charge in [0, 0.05) is 24.5 Å². The van der Waals surface area contributed by atoms with Gasteiger partial charge in [-0.15, -0.1) is 11.3 Å². The van der Waals surface area contributed by atoms with Crippen LogP contribution in [0.1, 0.15) is 48.6 Å². The van der Waals surface area contributed by atoms with Crippen molar-refractivity contribution in [1.82, 2.24) is 10.0 Å². The maximum absolute atomic E-state index is 12.7. The maximum Gasteiger partial charge on any atom is 0.416 e. The molecule has 0 saturated carbocycles. The minimum atomic E-state index is -4.38. The SMILES string of the molecule is CCCCCCNS(=O)(=O)c1ccc(C[N]Cc2cccc(C(F)(F)F)c2)s1. The molecule has 0 unspecified atom stereocenters. The van der Waals surface area contributed by atoms with Crippen molar-refractivity contribution in [3.05, 3.63) is 52.4 Å². The summed E-state index contributed by atoms with van der Waals surface area (Å²) < 4.78 is 65.5. The molecule has 1 radical (unpaired) electrons. The average molecular weight is 434 g/mol. The summed E-state index contributed by atoms with van der Waals surface area (Å²) in [6.07, 6.45) is -0.416. The Kier molecular flexibility index (Phi) is 8.48. The van der Waals surface area contributed by atoms with Crippen molar-refractivity contribution >= 4 is 21.4 Å². The Morgan fingerprint density at radius 2 is 1.86 bits per heavy atom. The standard InChI is InChI=1S/C19H24F3N2O2S2/c1-2-3-4-5-11-24-28(25,26)18-10-9-17(27-18)14-23-13-15-7-6-8-16(12-15)19(20,21)22/h6-10,12,24H,2-5,11,13-14H2,1H3. The normalized spacial score (nSPS) is 12.4. The van der Waals surface area contributed by atoms with Crippen LogP contribution in [0.15, 0.2) is 40.6 Å². The third kappa shape index (κ3) is 7.20. The predicted octanol–water partition coefficient (Wildman–Crippen LogP) is 4.93. The summed E-state index contributed by atoms with van der Waals surface area (Å²) >= 11 is 1.13. The minimum absolute atomic E-state index is 0.138. The van der Waals surface area contributed by atoms with Crippen LogP contribution in [-0.2, 0) is 29.3 Å². The van der Waals surface area contributed by atoms with Crippen LogP contribution >= 0.6 is 11.3 Å². The van der Waals surface area contributed by atoms with Crippen LogP contribution in [0.3, 0.4) is 0 Å². The summed E-state index contributed by atoms with van der Waals surface area (Å²) in [6, 6.07) is 8.27. The van der Waals surface area contributed by atoms with E-state index in [1.807, 2.05) is 0 Å². The second kappa shape index (κ2) is 10.4. The molecule has 2 rings (SSSR count). The van der Waals surface area contributed by atoms with E-state index >= 15 is 0 Å². The van der Waals surface area contributed by atoms with Crippen molar-refractivity contribution in [2.24, 2.45) is 0 Å². The first kappa shape index (κ1) is 22.9. The first-order valence-electron chi connectivity index (χ1n) is 9.10. The van der Waals surface area contributed by atoms with E-state index in [4.69, 9.17) is 0 Å². The van der Waals surface area contributed by atoms with Gasteiger partial charge in [-0.1, -0.05) is 44.4 Å². The Morgan fingerprint density at radius 3 is 2.57 bits per heavy atom. The molecule has 1 N–H and O–H groups in total. The fourth-order valence-electron chi connectivity index (χ4n) is 2.56. The van der Waals surface area contributed by atoms with Crippen molar-refractivity contribution in [3.63, 3.8) is 0 Å². The van der Waals surface area contributed by atoms with Crippen molar-refractivity contribution in [2.75, 3.05) is 6.54 Å². The molecule has 28 heavy (non-hydrogen) atoms. The lowest BCUT2D eigenvalue weighted by molar-refractivity contribution is -0.137. The van der Waals surface area contributed by atoms with E-state index in [1.165, 1.54) is 12.1 Å². The van der Waals surface area contributed by atoms with Gasteiger partial charge < -0.3 is 0 Å². The van der Waals surface area contributed by atoms with Crippen LogP contribution in [0.5, 0.6) is 0 Å². The van der Waals surface area contributed by atoms with Gasteiger partial charge >= 0.3 is 6.18 Å². The van der Waals surface area contributed by atoms with Crippen LogP contribution < -0.4 is 10.0 Å². The number of hydrogen-bond donors (Lipinski definition) is 1. The highest BCUT2D eigenvalue weighted by Gasteiger charge is 2.30. The van der Waals surface area contributed by atoms with Gasteiger partial charge in [-0.05, 0) is 30.2 Å². The number of rotatable bonds is 11. The van der Waals surface area contributed by atoms with Crippen molar-refractivity contribution in [3.8, 4) is 0 Å². The van der Waals surface area contributed by atoms with E-state index in [9.17, 15) is 21.6 Å². The number of nitrogens with one attached hydrogen (secondary N) is 1. The molecule has 0 aliphatic carbocycles. The monoisotopic (exact) mass is 433 g/mol. The Bertz CT molecular complexity index is 849. The molecule has 9 heteroatoms. The molecule has 155 valence electrons. The van der Waals surface area contributed by atoms with Gasteiger partial charge in [0.15, 0.2) is 0 Å². The Hall–Kier alpha value is -1.42. The second-order valence-corrected chi connectivity index (χ2v) is 9.58. The zero-order valence-electron chi connectivity index (χ0n) is 15.6. The second-order valence-electron chi connectivity index (χ2n) is 6.42. The van der Waals surface area contributed by atoms with Crippen LogP contribution in [-0.4, -0.2) is 15.0 Å². The molecular weight excluding hydrogens is 409 g/mol. The summed E-state index contributed by atoms with van der Waals surface area (Å²) in [6.45, 7) is 2.90. The highest BCUT2D eigenvalue weighted by molar-refractivity contribution is 7.91. The third-order valence-corrected chi connectivity index (χ3v) is 7.06. The molecule has 1 aromatic heterocycles. The van der Waals surface area contributed by atoms with Gasteiger partial charge in [0.05, 0.1) is 5.56 Å². The highest BCUT2D eigenvalue weighted by Crippen LogP contribution is 2.29. The van der Waals surface area contributed by atoms with E-state index in [0.717, 1.165) is 54.0 Å². The topological polar surface area (TPSA) is 60.3 Å². The summed E-state index contributed by atoms with van der Waals surface area (Å²) in [5, 5.41) is 4.25. The quantitative estimate of drug-likeness (QED) is 0.511. The number of thiophene rings is 1. The van der Waals surface area contributed by atoms with Crippen LogP contribution in [0.25, 0.3) is 0 Å². The van der Waals surface area contributed by atoms with Gasteiger partial charge in [0.2, 0.25) is 10.0 Å². The smallest absolute Gasteiger partial charge is 0.231 e. The first-order chi connectivity index (χ1) is 13.2. The molecule has 0 saturated heterocycles. The Balaban J connectivity index is 1.84. The molecule has 2 aromatic rings. The fraction of sp³-hybridized carbons (Fsp3) is 0.474. The number of hydrogen-bond acceptors (Lipinski definition) is 3. The van der Waals surface area contributed by atoms with Gasteiger partial charge in [-0.3, -0.25) is 0 Å². The average Bonchev–Trinajstić information content (AvgIpc) is 3.11. The first-order valence-corrected chi connectivity index (χ1v) is 11.4. The van der Waals surface area contributed by atoms with E-state index in [1.54, 1.807) is 12.1 Å². The molecule has 0 spiro atoms. The molecule has 1 heterocycles. The lowest BCUT2D eigenvalue weighted by Crippen LogP contribution is -2.23. The number of alkyl halides is 3. The van der Waals surface area contributed by atoms with Gasteiger partial charge in [-0.2, -0.15) is 13.2 Å².